The van der Waals surface area contributed by atoms with E-state index in [-0.39, 0.29) is 5.69 Å². The van der Waals surface area contributed by atoms with E-state index in [1.807, 2.05) is 0 Å². The van der Waals surface area contributed by atoms with Gasteiger partial charge in [-0.1, -0.05) is 18.2 Å². The predicted octanol–water partition coefficient (Wildman–Crippen LogP) is 0.979. The van der Waals surface area contributed by atoms with Crippen LogP contribution in [0.1, 0.15) is 5.56 Å². The maximum Gasteiger partial charge on any atom is 0.344 e. The van der Waals surface area contributed by atoms with Gasteiger partial charge in [0, 0.05) is 23.0 Å². The van der Waals surface area contributed by atoms with E-state index in [0.717, 1.165) is 0 Å². The maximum atomic E-state index is 10.4. The minimum atomic E-state index is -0.387. The quantitative estimate of drug-likeness (QED) is 0.659. The van der Waals surface area contributed by atoms with E-state index in [0.29, 0.717) is 10.6 Å². The van der Waals surface area contributed by atoms with Crippen LogP contribution in [-0.2, 0) is 0 Å². The Bertz CT molecular complexity index is 284. The molecule has 10 heavy (non-hydrogen) atoms. The van der Waals surface area contributed by atoms with Crippen molar-refractivity contribution in [2.24, 2.45) is 0 Å². The first-order valence-corrected chi connectivity index (χ1v) is 2.97. The highest BCUT2D eigenvalue weighted by Gasteiger charge is 1.92. The number of aromatic nitrogens is 2. The van der Waals surface area contributed by atoms with Gasteiger partial charge in [-0.15, -0.1) is 0 Å². The lowest BCUT2D eigenvalue weighted by molar-refractivity contribution is 1.07. The van der Waals surface area contributed by atoms with Crippen LogP contribution in [0.25, 0.3) is 5.03 Å². The molecule has 0 aliphatic heterocycles. The molecular formula is C6H5ClN2O. The molecule has 52 valence electrons. The minimum absolute atomic E-state index is 0.365. The summed E-state index contributed by atoms with van der Waals surface area (Å²) in [7, 11) is 0. The summed E-state index contributed by atoms with van der Waals surface area (Å²) in [5.41, 5.74) is 0.239. The molecule has 1 aromatic rings. The number of nitrogens with zero attached hydrogens (tertiary/aromatic N) is 1. The lowest BCUT2D eigenvalue weighted by atomic mass is 10.3. The lowest BCUT2D eigenvalue weighted by Gasteiger charge is -1.91. The molecule has 4 heteroatoms. The van der Waals surface area contributed by atoms with Gasteiger partial charge in [0.25, 0.3) is 0 Å². The van der Waals surface area contributed by atoms with Crippen molar-refractivity contribution in [2.45, 2.75) is 0 Å². The molecule has 1 rings (SSSR count). The van der Waals surface area contributed by atoms with E-state index >= 15 is 0 Å². The SMILES string of the molecule is C=C(Cl)c1cnc(=O)[nH]c1. The lowest BCUT2D eigenvalue weighted by Crippen LogP contribution is -2.08. The number of halogens is 1. The Morgan fingerprint density at radius 3 is 2.90 bits per heavy atom. The summed E-state index contributed by atoms with van der Waals surface area (Å²) in [5.74, 6) is 0. The average Bonchev–Trinajstić information content (AvgIpc) is 1.88. The monoisotopic (exact) mass is 156 g/mol. The number of hydrogen-bond acceptors (Lipinski definition) is 2. The van der Waals surface area contributed by atoms with Crippen LogP contribution in [0, 0.1) is 0 Å². The molecular weight excluding hydrogens is 152 g/mol. The topological polar surface area (TPSA) is 45.8 Å². The second-order valence-corrected chi connectivity index (χ2v) is 2.17. The van der Waals surface area contributed by atoms with Gasteiger partial charge in [0.2, 0.25) is 0 Å². The minimum Gasteiger partial charge on any atom is -0.312 e. The Labute approximate surface area is 62.4 Å². The molecule has 0 aliphatic rings. The smallest absolute Gasteiger partial charge is 0.312 e. The number of rotatable bonds is 1. The van der Waals surface area contributed by atoms with Crippen molar-refractivity contribution >= 4 is 16.6 Å². The van der Waals surface area contributed by atoms with Crippen LogP contribution < -0.4 is 5.69 Å². The van der Waals surface area contributed by atoms with Crippen molar-refractivity contribution < 1.29 is 0 Å². The Balaban J connectivity index is 3.12. The summed E-state index contributed by atoms with van der Waals surface area (Å²) in [4.78, 5) is 16.2. The normalized spacial score (nSPS) is 9.30. The summed E-state index contributed by atoms with van der Waals surface area (Å²) in [6.07, 6.45) is 2.83. The zero-order chi connectivity index (χ0) is 7.56. The molecule has 3 nitrogen and oxygen atoms in total. The zero-order valence-electron chi connectivity index (χ0n) is 5.10. The van der Waals surface area contributed by atoms with Gasteiger partial charge in [0.1, 0.15) is 0 Å². The molecule has 0 amide bonds. The van der Waals surface area contributed by atoms with Crippen LogP contribution >= 0.6 is 11.6 Å². The zero-order valence-corrected chi connectivity index (χ0v) is 5.85. The summed E-state index contributed by atoms with van der Waals surface area (Å²) in [6.45, 7) is 3.46. The van der Waals surface area contributed by atoms with Gasteiger partial charge in [-0.25, -0.2) is 9.78 Å². The van der Waals surface area contributed by atoms with E-state index < -0.39 is 0 Å². The molecule has 0 spiro atoms. The van der Waals surface area contributed by atoms with Gasteiger partial charge in [-0.2, -0.15) is 0 Å². The standard InChI is InChI=1S/C6H5ClN2O/c1-4(7)5-2-8-6(10)9-3-5/h2-3H,1H2,(H,8,9,10). The highest BCUT2D eigenvalue weighted by molar-refractivity contribution is 6.48. The fourth-order valence-electron chi connectivity index (χ4n) is 0.491. The van der Waals surface area contributed by atoms with Gasteiger partial charge >= 0.3 is 5.69 Å². The molecule has 0 fully saturated rings. The summed E-state index contributed by atoms with van der Waals surface area (Å²) < 4.78 is 0. The van der Waals surface area contributed by atoms with E-state index in [1.165, 1.54) is 12.4 Å². The van der Waals surface area contributed by atoms with Crippen molar-refractivity contribution in [3.63, 3.8) is 0 Å². The molecule has 1 heterocycles. The third-order valence-corrected chi connectivity index (χ3v) is 1.20. The fourth-order valence-corrected chi connectivity index (χ4v) is 0.594. The van der Waals surface area contributed by atoms with Crippen LogP contribution in [0.4, 0.5) is 0 Å². The van der Waals surface area contributed by atoms with E-state index in [1.54, 1.807) is 0 Å². The van der Waals surface area contributed by atoms with Gasteiger partial charge in [-0.3, -0.25) is 0 Å². The molecule has 0 atom stereocenters. The van der Waals surface area contributed by atoms with Gasteiger partial charge in [-0.05, 0) is 0 Å². The summed E-state index contributed by atoms with van der Waals surface area (Å²) >= 11 is 5.50. The first-order valence-electron chi connectivity index (χ1n) is 2.59. The van der Waals surface area contributed by atoms with Crippen molar-refractivity contribution in [2.75, 3.05) is 0 Å². The van der Waals surface area contributed by atoms with Crippen molar-refractivity contribution in [1.82, 2.24) is 9.97 Å². The summed E-state index contributed by atoms with van der Waals surface area (Å²) in [6, 6.07) is 0. The van der Waals surface area contributed by atoms with E-state index in [2.05, 4.69) is 16.5 Å². The number of nitrogens with one attached hydrogen (secondary N) is 1. The molecule has 1 aromatic heterocycles. The predicted molar refractivity (Wildman–Crippen MR) is 39.7 cm³/mol. The number of hydrogen-bond donors (Lipinski definition) is 1. The third kappa shape index (κ3) is 1.45. The molecule has 1 N–H and O–H groups in total. The average molecular weight is 157 g/mol. The van der Waals surface area contributed by atoms with Crippen LogP contribution in [0.2, 0.25) is 0 Å². The van der Waals surface area contributed by atoms with E-state index in [4.69, 9.17) is 11.6 Å². The Hall–Kier alpha value is -1.09. The van der Waals surface area contributed by atoms with Gasteiger partial charge < -0.3 is 4.98 Å². The first kappa shape index (κ1) is 7.02. The van der Waals surface area contributed by atoms with Crippen LogP contribution in [0.3, 0.4) is 0 Å². The van der Waals surface area contributed by atoms with Crippen molar-refractivity contribution in [1.29, 1.82) is 0 Å². The molecule has 0 aromatic carbocycles. The maximum absolute atomic E-state index is 10.4. The molecule has 0 saturated heterocycles. The van der Waals surface area contributed by atoms with Crippen LogP contribution in [0.15, 0.2) is 23.8 Å². The van der Waals surface area contributed by atoms with Crippen LogP contribution in [0.5, 0.6) is 0 Å². The second kappa shape index (κ2) is 2.66. The van der Waals surface area contributed by atoms with E-state index in [9.17, 15) is 4.79 Å². The second-order valence-electron chi connectivity index (χ2n) is 1.71. The Morgan fingerprint density at radius 2 is 2.50 bits per heavy atom. The Kier molecular flexibility index (Phi) is 1.87. The molecule has 0 saturated carbocycles. The van der Waals surface area contributed by atoms with Gasteiger partial charge in [0.05, 0.1) is 0 Å². The first-order chi connectivity index (χ1) is 4.70. The van der Waals surface area contributed by atoms with Crippen molar-refractivity contribution in [3.8, 4) is 0 Å². The largest absolute Gasteiger partial charge is 0.344 e. The molecule has 0 radical (unpaired) electrons. The highest BCUT2D eigenvalue weighted by atomic mass is 35.5. The van der Waals surface area contributed by atoms with Gasteiger partial charge in [0.15, 0.2) is 0 Å². The fraction of sp³-hybridized carbons (Fsp3) is 0. The molecule has 0 aliphatic carbocycles. The highest BCUT2D eigenvalue weighted by Crippen LogP contribution is 2.11. The molecule has 0 bridgehead atoms. The third-order valence-electron chi connectivity index (χ3n) is 0.985. The molecule has 0 unspecified atom stereocenters. The summed E-state index contributed by atoms with van der Waals surface area (Å²) in [5, 5.41) is 0.365. The number of H-pyrrole nitrogens is 1. The van der Waals surface area contributed by atoms with Crippen LogP contribution in [-0.4, -0.2) is 9.97 Å². The Morgan fingerprint density at radius 1 is 1.80 bits per heavy atom. The number of aromatic amines is 1. The van der Waals surface area contributed by atoms with Crippen molar-refractivity contribution in [3.05, 3.63) is 35.0 Å².